The Hall–Kier alpha value is -3.02. The lowest BCUT2D eigenvalue weighted by Gasteiger charge is -2.13. The molecule has 0 amide bonds. The Kier molecular flexibility index (Phi) is 3.44. The van der Waals surface area contributed by atoms with Gasteiger partial charge < -0.3 is 10.6 Å². The third kappa shape index (κ3) is 2.38. The number of nitrogens with zero attached hydrogens (tertiary/aromatic N) is 3. The Morgan fingerprint density at radius 2 is 1.83 bits per heavy atom. The molecular weight excluding hydrogens is 292 g/mol. The zero-order valence-electron chi connectivity index (χ0n) is 13.3. The molecule has 0 spiro atoms. The van der Waals surface area contributed by atoms with Gasteiger partial charge in [0, 0.05) is 38.1 Å². The summed E-state index contributed by atoms with van der Waals surface area (Å²) in [5, 5.41) is 0. The van der Waals surface area contributed by atoms with Crippen LogP contribution >= 0.6 is 0 Å². The summed E-state index contributed by atoms with van der Waals surface area (Å²) in [4.78, 5) is 27.3. The van der Waals surface area contributed by atoms with Crippen LogP contribution in [0.15, 0.2) is 47.3 Å². The third-order valence-electron chi connectivity index (χ3n) is 3.89. The fourth-order valence-electron chi connectivity index (χ4n) is 2.60. The maximum atomic E-state index is 12.9. The van der Waals surface area contributed by atoms with Crippen molar-refractivity contribution >= 4 is 28.3 Å². The summed E-state index contributed by atoms with van der Waals surface area (Å²) >= 11 is 0. The molecule has 6 heteroatoms. The van der Waals surface area contributed by atoms with Crippen LogP contribution in [0.3, 0.4) is 0 Å². The number of aryl methyl sites for hydroxylation is 1. The van der Waals surface area contributed by atoms with E-state index in [2.05, 4.69) is 0 Å². The van der Waals surface area contributed by atoms with Crippen LogP contribution in [0, 0.1) is 0 Å². The normalized spacial score (nSPS) is 10.9. The summed E-state index contributed by atoms with van der Waals surface area (Å²) in [5.41, 5.74) is 8.46. The van der Waals surface area contributed by atoms with E-state index in [0.29, 0.717) is 22.3 Å². The summed E-state index contributed by atoms with van der Waals surface area (Å²) in [6.45, 7) is 0. The number of carbonyl (C=O) groups is 1. The predicted molar refractivity (Wildman–Crippen MR) is 92.1 cm³/mol. The Balaban J connectivity index is 2.22. The van der Waals surface area contributed by atoms with Gasteiger partial charge >= 0.3 is 5.69 Å². The van der Waals surface area contributed by atoms with Crippen molar-refractivity contribution < 1.29 is 4.79 Å². The number of aromatic nitrogens is 2. The molecule has 2 aromatic carbocycles. The number of rotatable bonds is 2. The van der Waals surface area contributed by atoms with Gasteiger partial charge in [-0.15, -0.1) is 0 Å². The first kappa shape index (κ1) is 14.9. The van der Waals surface area contributed by atoms with Crippen molar-refractivity contribution in [3.63, 3.8) is 0 Å². The topological polar surface area (TPSA) is 73.3 Å². The molecule has 0 aliphatic heterocycles. The van der Waals surface area contributed by atoms with Crippen molar-refractivity contribution in [1.82, 2.24) is 9.13 Å². The first-order chi connectivity index (χ1) is 10.9. The van der Waals surface area contributed by atoms with E-state index < -0.39 is 0 Å². The number of nitrogen functional groups attached to an aromatic ring is 1. The van der Waals surface area contributed by atoms with Gasteiger partial charge in [-0.2, -0.15) is 0 Å². The van der Waals surface area contributed by atoms with Crippen LogP contribution < -0.4 is 16.3 Å². The highest BCUT2D eigenvalue weighted by Gasteiger charge is 2.18. The molecule has 118 valence electrons. The molecule has 0 fully saturated rings. The molecule has 2 N–H and O–H groups in total. The van der Waals surface area contributed by atoms with Crippen molar-refractivity contribution in [2.24, 2.45) is 7.05 Å². The lowest BCUT2D eigenvalue weighted by atomic mass is 10.1. The number of carbonyl (C=O) groups excluding carboxylic acids is 1. The summed E-state index contributed by atoms with van der Waals surface area (Å²) < 4.78 is 2.61. The summed E-state index contributed by atoms with van der Waals surface area (Å²) in [5.74, 6) is -0.366. The number of imidazole rings is 1. The molecule has 1 heterocycles. The number of hydrogen-bond acceptors (Lipinski definition) is 4. The fraction of sp³-hybridized carbons (Fsp3) is 0.176. The smallest absolute Gasteiger partial charge is 0.335 e. The lowest BCUT2D eigenvalue weighted by Crippen LogP contribution is -2.28. The van der Waals surface area contributed by atoms with Crippen LogP contribution in [0.2, 0.25) is 0 Å². The molecule has 23 heavy (non-hydrogen) atoms. The first-order valence-electron chi connectivity index (χ1n) is 7.19. The predicted octanol–water partition coefficient (Wildman–Crippen LogP) is 1.68. The third-order valence-corrected chi connectivity index (χ3v) is 3.89. The molecule has 1 aromatic heterocycles. The highest BCUT2D eigenvalue weighted by atomic mass is 16.2. The van der Waals surface area contributed by atoms with Gasteiger partial charge in [0.25, 0.3) is 5.91 Å². The molecule has 0 saturated heterocycles. The molecule has 3 aromatic rings. The summed E-state index contributed by atoms with van der Waals surface area (Å²) in [6.07, 6.45) is 0. The van der Waals surface area contributed by atoms with Crippen molar-refractivity contribution in [1.29, 1.82) is 0 Å². The molecule has 0 saturated carbocycles. The standard InChI is InChI=1S/C17H18N4O2/c1-19(2)13-6-4-5-11(9-13)16(22)21-15-10-12(18)7-8-14(15)20(3)17(21)23/h4-10H,18H2,1-3H3. The van der Waals surface area contributed by atoms with Crippen LogP contribution in [0.5, 0.6) is 0 Å². The van der Waals surface area contributed by atoms with E-state index in [-0.39, 0.29) is 11.6 Å². The van der Waals surface area contributed by atoms with Gasteiger partial charge in [-0.05, 0) is 36.4 Å². The Labute approximate surface area is 133 Å². The van der Waals surface area contributed by atoms with E-state index in [4.69, 9.17) is 5.73 Å². The second-order valence-electron chi connectivity index (χ2n) is 5.68. The molecule has 0 atom stereocenters. The zero-order chi connectivity index (χ0) is 16.7. The largest absolute Gasteiger partial charge is 0.399 e. The van der Waals surface area contributed by atoms with Crippen molar-refractivity contribution in [2.75, 3.05) is 24.7 Å². The minimum Gasteiger partial charge on any atom is -0.399 e. The van der Waals surface area contributed by atoms with Gasteiger partial charge in [-0.25, -0.2) is 9.36 Å². The zero-order valence-corrected chi connectivity index (χ0v) is 13.3. The monoisotopic (exact) mass is 310 g/mol. The second kappa shape index (κ2) is 5.31. The van der Waals surface area contributed by atoms with E-state index in [9.17, 15) is 9.59 Å². The molecule has 0 unspecified atom stereocenters. The minimum atomic E-state index is -0.383. The van der Waals surface area contributed by atoms with Crippen LogP contribution in [-0.4, -0.2) is 29.1 Å². The summed E-state index contributed by atoms with van der Waals surface area (Å²) in [7, 11) is 5.43. The molecule has 0 aliphatic rings. The molecule has 3 rings (SSSR count). The highest BCUT2D eigenvalue weighted by Crippen LogP contribution is 2.19. The number of nitrogens with two attached hydrogens (primary N) is 1. The fourth-order valence-corrected chi connectivity index (χ4v) is 2.60. The molecule has 0 bridgehead atoms. The van der Waals surface area contributed by atoms with Crippen LogP contribution in [-0.2, 0) is 7.05 Å². The number of anilines is 2. The van der Waals surface area contributed by atoms with Crippen molar-refractivity contribution in [3.8, 4) is 0 Å². The van der Waals surface area contributed by atoms with Gasteiger partial charge in [0.2, 0.25) is 0 Å². The quantitative estimate of drug-likeness (QED) is 0.731. The van der Waals surface area contributed by atoms with Gasteiger partial charge in [0.05, 0.1) is 11.0 Å². The SMILES string of the molecule is CN(C)c1cccc(C(=O)n2c(=O)n(C)c3ccc(N)cc32)c1. The molecule has 0 aliphatic carbocycles. The van der Waals surface area contributed by atoms with E-state index in [1.54, 1.807) is 43.4 Å². The minimum absolute atomic E-state index is 0.366. The summed E-state index contributed by atoms with van der Waals surface area (Å²) in [6, 6.07) is 12.3. The van der Waals surface area contributed by atoms with Gasteiger partial charge in [-0.3, -0.25) is 9.36 Å². The van der Waals surface area contributed by atoms with Gasteiger partial charge in [0.1, 0.15) is 0 Å². The van der Waals surface area contributed by atoms with Crippen LogP contribution in [0.25, 0.3) is 11.0 Å². The first-order valence-corrected chi connectivity index (χ1v) is 7.19. The second-order valence-corrected chi connectivity index (χ2v) is 5.68. The highest BCUT2D eigenvalue weighted by molar-refractivity contribution is 6.02. The average Bonchev–Trinajstić information content (AvgIpc) is 2.77. The maximum Gasteiger partial charge on any atom is 0.335 e. The number of benzene rings is 2. The number of hydrogen-bond donors (Lipinski definition) is 1. The Morgan fingerprint density at radius 3 is 2.52 bits per heavy atom. The van der Waals surface area contributed by atoms with E-state index >= 15 is 0 Å². The maximum absolute atomic E-state index is 12.9. The Bertz CT molecular complexity index is 966. The van der Waals surface area contributed by atoms with E-state index in [1.807, 2.05) is 25.1 Å². The average molecular weight is 310 g/mol. The van der Waals surface area contributed by atoms with Crippen LogP contribution in [0.1, 0.15) is 10.4 Å². The van der Waals surface area contributed by atoms with Crippen molar-refractivity contribution in [2.45, 2.75) is 0 Å². The van der Waals surface area contributed by atoms with Crippen LogP contribution in [0.4, 0.5) is 11.4 Å². The van der Waals surface area contributed by atoms with E-state index in [1.165, 1.54) is 9.13 Å². The Morgan fingerprint density at radius 1 is 1.09 bits per heavy atom. The molecule has 6 nitrogen and oxygen atoms in total. The van der Waals surface area contributed by atoms with Gasteiger partial charge in [0.15, 0.2) is 0 Å². The molecule has 0 radical (unpaired) electrons. The van der Waals surface area contributed by atoms with Crippen molar-refractivity contribution in [3.05, 3.63) is 58.5 Å². The van der Waals surface area contributed by atoms with Gasteiger partial charge in [-0.1, -0.05) is 6.07 Å². The van der Waals surface area contributed by atoms with E-state index in [0.717, 1.165) is 5.69 Å². The molecular formula is C17H18N4O2. The number of fused-ring (bicyclic) bond motifs is 1. The lowest BCUT2D eigenvalue weighted by molar-refractivity contribution is 0.0960.